The zero-order valence-electron chi connectivity index (χ0n) is 10.6. The third-order valence-corrected chi connectivity index (χ3v) is 2.85. The Bertz CT molecular complexity index is 491. The van der Waals surface area contributed by atoms with E-state index in [-0.39, 0.29) is 0 Å². The van der Waals surface area contributed by atoms with Gasteiger partial charge in [-0.2, -0.15) is 0 Å². The number of aromatic nitrogens is 1. The molecule has 0 radical (unpaired) electrons. The summed E-state index contributed by atoms with van der Waals surface area (Å²) in [5.41, 5.74) is 0.746. The summed E-state index contributed by atoms with van der Waals surface area (Å²) < 4.78 is 10.7. The Morgan fingerprint density at radius 3 is 2.94 bits per heavy atom. The Morgan fingerprint density at radius 1 is 1.44 bits per heavy atom. The number of halogens is 1. The quantitative estimate of drug-likeness (QED) is 0.815. The Labute approximate surface area is 111 Å². The van der Waals surface area contributed by atoms with Crippen molar-refractivity contribution in [3.05, 3.63) is 29.6 Å². The van der Waals surface area contributed by atoms with Gasteiger partial charge in [0.2, 0.25) is 5.22 Å². The molecule has 4 nitrogen and oxygen atoms in total. The molecule has 0 aliphatic heterocycles. The fourth-order valence-electron chi connectivity index (χ4n) is 1.65. The largest absolute Gasteiger partial charge is 0.452 e. The summed E-state index contributed by atoms with van der Waals surface area (Å²) in [6.45, 7) is 5.22. The van der Waals surface area contributed by atoms with Crippen LogP contribution in [0.4, 0.5) is 0 Å². The molecule has 0 aliphatic carbocycles. The van der Waals surface area contributed by atoms with E-state index in [9.17, 15) is 0 Å². The summed E-state index contributed by atoms with van der Waals surface area (Å²) in [6, 6.07) is 2.28. The smallest absolute Gasteiger partial charge is 0.204 e. The maximum atomic E-state index is 5.88. The van der Waals surface area contributed by atoms with Crippen LogP contribution in [-0.4, -0.2) is 17.6 Å². The van der Waals surface area contributed by atoms with Crippen LogP contribution in [0.15, 0.2) is 27.4 Å². The van der Waals surface area contributed by atoms with Gasteiger partial charge in [0.15, 0.2) is 11.7 Å². The molecule has 2 aromatic rings. The molecule has 2 heterocycles. The first-order valence-corrected chi connectivity index (χ1v) is 6.46. The summed E-state index contributed by atoms with van der Waals surface area (Å²) in [4.78, 5) is 4.24. The molecule has 5 heteroatoms. The average Bonchev–Trinajstić information content (AvgIpc) is 2.92. The first-order chi connectivity index (χ1) is 8.66. The lowest BCUT2D eigenvalue weighted by molar-refractivity contribution is 0.483. The van der Waals surface area contributed by atoms with Crippen molar-refractivity contribution in [1.82, 2.24) is 10.3 Å². The van der Waals surface area contributed by atoms with Gasteiger partial charge in [-0.3, -0.25) is 0 Å². The number of hydrogen-bond donors (Lipinski definition) is 1. The Kier molecular flexibility index (Phi) is 4.44. The summed E-state index contributed by atoms with van der Waals surface area (Å²) in [5, 5.41) is 3.69. The van der Waals surface area contributed by atoms with Crippen LogP contribution >= 0.6 is 11.6 Å². The minimum absolute atomic E-state index is 0.333. The van der Waals surface area contributed by atoms with E-state index in [1.807, 2.05) is 0 Å². The van der Waals surface area contributed by atoms with Crippen molar-refractivity contribution < 1.29 is 8.83 Å². The lowest BCUT2D eigenvalue weighted by Crippen LogP contribution is -2.23. The van der Waals surface area contributed by atoms with E-state index in [1.165, 1.54) is 6.26 Å². The van der Waals surface area contributed by atoms with Crippen molar-refractivity contribution in [3.63, 3.8) is 0 Å². The fourth-order valence-corrected chi connectivity index (χ4v) is 1.86. The van der Waals surface area contributed by atoms with Crippen LogP contribution in [0.25, 0.3) is 11.3 Å². The average molecular weight is 269 g/mol. The lowest BCUT2D eigenvalue weighted by atomic mass is 10.3. The van der Waals surface area contributed by atoms with Crippen molar-refractivity contribution in [3.8, 4) is 11.3 Å². The van der Waals surface area contributed by atoms with Gasteiger partial charge >= 0.3 is 0 Å². The number of hydrogen-bond acceptors (Lipinski definition) is 4. The van der Waals surface area contributed by atoms with Crippen molar-refractivity contribution in [1.29, 1.82) is 0 Å². The van der Waals surface area contributed by atoms with Gasteiger partial charge < -0.3 is 14.2 Å². The Morgan fingerprint density at radius 2 is 2.28 bits per heavy atom. The molecule has 0 fully saturated rings. The predicted molar refractivity (Wildman–Crippen MR) is 70.7 cm³/mol. The minimum Gasteiger partial charge on any atom is -0.452 e. The second-order valence-electron chi connectivity index (χ2n) is 4.44. The van der Waals surface area contributed by atoms with E-state index >= 15 is 0 Å². The Hall–Kier alpha value is -1.26. The van der Waals surface area contributed by atoms with Crippen LogP contribution in [0.3, 0.4) is 0 Å². The summed E-state index contributed by atoms with van der Waals surface area (Å²) in [5.74, 6) is 1.38. The van der Waals surface area contributed by atoms with Crippen LogP contribution in [-0.2, 0) is 6.42 Å². The molecule has 0 aliphatic rings. The molecule has 0 saturated carbocycles. The molecule has 0 aromatic carbocycles. The van der Waals surface area contributed by atoms with Gasteiger partial charge in [0.05, 0.1) is 18.0 Å². The third-order valence-electron chi connectivity index (χ3n) is 2.56. The number of furan rings is 1. The van der Waals surface area contributed by atoms with E-state index < -0.39 is 0 Å². The molecule has 0 bridgehead atoms. The van der Waals surface area contributed by atoms with Gasteiger partial charge in [0, 0.05) is 12.5 Å². The Balaban J connectivity index is 1.89. The van der Waals surface area contributed by atoms with Crippen LogP contribution in [0.2, 0.25) is 5.22 Å². The molecule has 1 N–H and O–H groups in total. The maximum Gasteiger partial charge on any atom is 0.204 e. The number of nitrogens with zero attached hydrogens (tertiary/aromatic N) is 1. The first-order valence-electron chi connectivity index (χ1n) is 6.08. The SMILES string of the molecule is CC(C)NCCCc1ncc(-c2ccoc2Cl)o1. The van der Waals surface area contributed by atoms with Crippen molar-refractivity contribution in [2.75, 3.05) is 6.54 Å². The highest BCUT2D eigenvalue weighted by molar-refractivity contribution is 6.31. The number of aryl methyl sites for hydroxylation is 1. The van der Waals surface area contributed by atoms with Crippen LogP contribution in [0.1, 0.15) is 26.2 Å². The van der Waals surface area contributed by atoms with Crippen LogP contribution in [0, 0.1) is 0 Å². The second kappa shape index (κ2) is 6.07. The monoisotopic (exact) mass is 268 g/mol. The van der Waals surface area contributed by atoms with Gasteiger partial charge in [0.1, 0.15) is 0 Å². The first kappa shape index (κ1) is 13.2. The van der Waals surface area contributed by atoms with Gasteiger partial charge in [0.25, 0.3) is 0 Å². The summed E-state index contributed by atoms with van der Waals surface area (Å²) in [6.07, 6.45) is 5.03. The van der Waals surface area contributed by atoms with Gasteiger partial charge in [-0.25, -0.2) is 4.98 Å². The topological polar surface area (TPSA) is 51.2 Å². The van der Waals surface area contributed by atoms with E-state index in [4.69, 9.17) is 20.4 Å². The number of oxazole rings is 1. The normalized spacial score (nSPS) is 11.3. The van der Waals surface area contributed by atoms with Crippen LogP contribution in [0.5, 0.6) is 0 Å². The second-order valence-corrected chi connectivity index (χ2v) is 4.78. The molecule has 2 aromatic heterocycles. The van der Waals surface area contributed by atoms with E-state index in [0.717, 1.165) is 30.8 Å². The minimum atomic E-state index is 0.333. The van der Waals surface area contributed by atoms with E-state index in [0.29, 0.717) is 17.0 Å². The molecular formula is C13H17ClN2O2. The maximum absolute atomic E-state index is 5.88. The lowest BCUT2D eigenvalue weighted by Gasteiger charge is -2.05. The highest BCUT2D eigenvalue weighted by atomic mass is 35.5. The fraction of sp³-hybridized carbons (Fsp3) is 0.462. The molecule has 18 heavy (non-hydrogen) atoms. The zero-order chi connectivity index (χ0) is 13.0. The molecule has 0 saturated heterocycles. The zero-order valence-corrected chi connectivity index (χ0v) is 11.3. The highest BCUT2D eigenvalue weighted by Gasteiger charge is 2.11. The molecule has 98 valence electrons. The third kappa shape index (κ3) is 3.37. The van der Waals surface area contributed by atoms with E-state index in [1.54, 1.807) is 12.3 Å². The number of nitrogens with one attached hydrogen (secondary N) is 1. The van der Waals surface area contributed by atoms with Crippen LogP contribution < -0.4 is 5.32 Å². The molecule has 0 atom stereocenters. The molecule has 0 unspecified atom stereocenters. The van der Waals surface area contributed by atoms with Crippen molar-refractivity contribution in [2.24, 2.45) is 0 Å². The molecule has 0 spiro atoms. The molecule has 0 amide bonds. The van der Waals surface area contributed by atoms with Gasteiger partial charge in [-0.15, -0.1) is 0 Å². The standard InChI is InChI=1S/C13H17ClN2O2/c1-9(2)15-6-3-4-12-16-8-11(18-12)10-5-7-17-13(10)14/h5,7-9,15H,3-4,6H2,1-2H3. The van der Waals surface area contributed by atoms with Gasteiger partial charge in [-0.1, -0.05) is 13.8 Å². The number of rotatable bonds is 6. The summed E-state index contributed by atoms with van der Waals surface area (Å²) in [7, 11) is 0. The molecular weight excluding hydrogens is 252 g/mol. The van der Waals surface area contributed by atoms with Crippen molar-refractivity contribution >= 4 is 11.6 Å². The van der Waals surface area contributed by atoms with Crippen molar-refractivity contribution in [2.45, 2.75) is 32.7 Å². The summed E-state index contributed by atoms with van der Waals surface area (Å²) >= 11 is 5.88. The predicted octanol–water partition coefficient (Wildman–Crippen LogP) is 3.52. The molecule has 2 rings (SSSR count). The highest BCUT2D eigenvalue weighted by Crippen LogP contribution is 2.29. The van der Waals surface area contributed by atoms with E-state index in [2.05, 4.69) is 24.1 Å². The van der Waals surface area contributed by atoms with Gasteiger partial charge in [-0.05, 0) is 30.6 Å².